The molecule has 0 aromatic heterocycles. The summed E-state index contributed by atoms with van der Waals surface area (Å²) in [6, 6.07) is 13.2. The fourth-order valence-electron chi connectivity index (χ4n) is 2.79. The fourth-order valence-corrected chi connectivity index (χ4v) is 2.79. The van der Waals surface area contributed by atoms with Gasteiger partial charge in [0.25, 0.3) is 17.7 Å². The molecular formula is C19H17N3O4. The van der Waals surface area contributed by atoms with Gasteiger partial charge in [-0.3, -0.25) is 24.1 Å². The van der Waals surface area contributed by atoms with Gasteiger partial charge >= 0.3 is 0 Å². The first-order valence-electron chi connectivity index (χ1n) is 8.09. The number of imide groups is 1. The van der Waals surface area contributed by atoms with Crippen LogP contribution in [0.1, 0.15) is 37.5 Å². The minimum atomic E-state index is -0.399. The lowest BCUT2D eigenvalue weighted by Crippen LogP contribution is -2.33. The van der Waals surface area contributed by atoms with Gasteiger partial charge < -0.3 is 10.6 Å². The summed E-state index contributed by atoms with van der Waals surface area (Å²) in [5.74, 6) is -1.51. The number of hydrogen-bond acceptors (Lipinski definition) is 4. The number of nitrogens with one attached hydrogen (secondary N) is 2. The van der Waals surface area contributed by atoms with Crippen molar-refractivity contribution in [1.82, 2.24) is 10.2 Å². The van der Waals surface area contributed by atoms with E-state index in [0.29, 0.717) is 22.4 Å². The highest BCUT2D eigenvalue weighted by atomic mass is 16.2. The van der Waals surface area contributed by atoms with E-state index in [0.717, 1.165) is 4.90 Å². The summed E-state index contributed by atoms with van der Waals surface area (Å²) in [5.41, 5.74) is 1.41. The molecule has 0 spiro atoms. The molecule has 0 bridgehead atoms. The maximum absolute atomic E-state index is 12.3. The summed E-state index contributed by atoms with van der Waals surface area (Å²) in [7, 11) is 1.50. The Morgan fingerprint density at radius 3 is 2.12 bits per heavy atom. The summed E-state index contributed by atoms with van der Waals surface area (Å²) < 4.78 is 0. The first-order valence-corrected chi connectivity index (χ1v) is 8.09. The van der Waals surface area contributed by atoms with Crippen LogP contribution < -0.4 is 10.6 Å². The minimum Gasteiger partial charge on any atom is -0.355 e. The van der Waals surface area contributed by atoms with Crippen molar-refractivity contribution in [2.45, 2.75) is 6.42 Å². The summed E-state index contributed by atoms with van der Waals surface area (Å²) in [6.07, 6.45) is -0.0620. The number of nitrogens with zero attached hydrogens (tertiary/aromatic N) is 1. The van der Waals surface area contributed by atoms with Crippen LogP contribution in [0.5, 0.6) is 0 Å². The summed E-state index contributed by atoms with van der Waals surface area (Å²) in [6.45, 7) is -0.0275. The van der Waals surface area contributed by atoms with Crippen LogP contribution in [0.4, 0.5) is 5.69 Å². The molecule has 7 nitrogen and oxygen atoms in total. The fraction of sp³-hybridized carbons (Fsp3) is 0.158. The van der Waals surface area contributed by atoms with E-state index in [1.807, 2.05) is 0 Å². The number of carbonyl (C=O) groups excluding carboxylic acids is 4. The van der Waals surface area contributed by atoms with E-state index in [1.165, 1.54) is 7.05 Å². The van der Waals surface area contributed by atoms with Crippen LogP contribution in [0.2, 0.25) is 0 Å². The molecule has 2 aromatic carbocycles. The van der Waals surface area contributed by atoms with Crippen molar-refractivity contribution in [3.05, 3.63) is 65.2 Å². The molecular weight excluding hydrogens is 334 g/mol. The zero-order valence-corrected chi connectivity index (χ0v) is 14.1. The van der Waals surface area contributed by atoms with E-state index in [2.05, 4.69) is 10.6 Å². The van der Waals surface area contributed by atoms with Gasteiger partial charge in [0.1, 0.15) is 0 Å². The van der Waals surface area contributed by atoms with Crippen LogP contribution in [0.3, 0.4) is 0 Å². The van der Waals surface area contributed by atoms with Crippen molar-refractivity contribution in [2.24, 2.45) is 0 Å². The topological polar surface area (TPSA) is 95.6 Å². The Bertz CT molecular complexity index is 872. The van der Waals surface area contributed by atoms with Crippen LogP contribution in [0, 0.1) is 0 Å². The maximum Gasteiger partial charge on any atom is 0.261 e. The Labute approximate surface area is 150 Å². The molecule has 1 heterocycles. The molecule has 1 aliphatic rings. The Morgan fingerprint density at radius 2 is 1.50 bits per heavy atom. The zero-order chi connectivity index (χ0) is 18.7. The monoisotopic (exact) mass is 351 g/mol. The number of benzene rings is 2. The average molecular weight is 351 g/mol. The third-order valence-electron chi connectivity index (χ3n) is 4.11. The lowest BCUT2D eigenvalue weighted by Gasteiger charge is -2.14. The van der Waals surface area contributed by atoms with Crippen molar-refractivity contribution < 1.29 is 19.2 Å². The van der Waals surface area contributed by atoms with Gasteiger partial charge in [-0.15, -0.1) is 0 Å². The van der Waals surface area contributed by atoms with Gasteiger partial charge in [0.2, 0.25) is 5.91 Å². The molecule has 1 aliphatic heterocycles. The number of anilines is 1. The molecule has 0 fully saturated rings. The molecule has 0 saturated carbocycles. The molecule has 0 saturated heterocycles. The minimum absolute atomic E-state index is 0.0275. The first kappa shape index (κ1) is 17.3. The van der Waals surface area contributed by atoms with Crippen LogP contribution in [0.25, 0.3) is 0 Å². The Balaban J connectivity index is 1.65. The lowest BCUT2D eigenvalue weighted by atomic mass is 10.1. The van der Waals surface area contributed by atoms with Gasteiger partial charge in [-0.1, -0.05) is 24.3 Å². The number of para-hydroxylation sites is 1. The Kier molecular flexibility index (Phi) is 4.79. The number of amides is 4. The Morgan fingerprint density at radius 1 is 0.923 bits per heavy atom. The SMILES string of the molecule is CNC(=O)c1ccccc1NC(=O)CCN1C(=O)c2ccccc2C1=O. The van der Waals surface area contributed by atoms with E-state index >= 15 is 0 Å². The predicted molar refractivity (Wildman–Crippen MR) is 94.9 cm³/mol. The van der Waals surface area contributed by atoms with Crippen molar-refractivity contribution in [1.29, 1.82) is 0 Å². The normalized spacial score (nSPS) is 12.7. The highest BCUT2D eigenvalue weighted by Crippen LogP contribution is 2.22. The molecule has 3 rings (SSSR count). The van der Waals surface area contributed by atoms with E-state index < -0.39 is 17.7 Å². The van der Waals surface area contributed by atoms with Gasteiger partial charge in [0.05, 0.1) is 22.4 Å². The second-order valence-corrected chi connectivity index (χ2v) is 5.73. The number of rotatable bonds is 5. The first-order chi connectivity index (χ1) is 12.5. The molecule has 0 atom stereocenters. The van der Waals surface area contributed by atoms with E-state index in [9.17, 15) is 19.2 Å². The van der Waals surface area contributed by atoms with Gasteiger partial charge in [-0.2, -0.15) is 0 Å². The highest BCUT2D eigenvalue weighted by Gasteiger charge is 2.34. The molecule has 132 valence electrons. The van der Waals surface area contributed by atoms with Gasteiger partial charge in [-0.05, 0) is 24.3 Å². The predicted octanol–water partition coefficient (Wildman–Crippen LogP) is 1.67. The molecule has 4 amide bonds. The number of carbonyl (C=O) groups is 4. The molecule has 0 aliphatic carbocycles. The molecule has 7 heteroatoms. The van der Waals surface area contributed by atoms with E-state index in [1.54, 1.807) is 48.5 Å². The van der Waals surface area contributed by atoms with Gasteiger partial charge in [0, 0.05) is 20.0 Å². The third-order valence-corrected chi connectivity index (χ3v) is 4.11. The van der Waals surface area contributed by atoms with E-state index in [4.69, 9.17) is 0 Å². The van der Waals surface area contributed by atoms with Crippen LogP contribution in [-0.2, 0) is 4.79 Å². The zero-order valence-electron chi connectivity index (χ0n) is 14.1. The maximum atomic E-state index is 12.3. The summed E-state index contributed by atoms with van der Waals surface area (Å²) in [5, 5.41) is 5.16. The molecule has 0 radical (unpaired) electrons. The van der Waals surface area contributed by atoms with Crippen molar-refractivity contribution in [3.8, 4) is 0 Å². The Hall–Kier alpha value is -3.48. The highest BCUT2D eigenvalue weighted by molar-refractivity contribution is 6.21. The number of hydrogen-bond donors (Lipinski definition) is 2. The smallest absolute Gasteiger partial charge is 0.261 e. The third kappa shape index (κ3) is 3.19. The quantitative estimate of drug-likeness (QED) is 0.801. The van der Waals surface area contributed by atoms with Crippen molar-refractivity contribution in [3.63, 3.8) is 0 Å². The summed E-state index contributed by atoms with van der Waals surface area (Å²) >= 11 is 0. The second-order valence-electron chi connectivity index (χ2n) is 5.73. The van der Waals surface area contributed by atoms with Crippen LogP contribution >= 0.6 is 0 Å². The van der Waals surface area contributed by atoms with Crippen molar-refractivity contribution >= 4 is 29.3 Å². The van der Waals surface area contributed by atoms with Gasteiger partial charge in [0.15, 0.2) is 0 Å². The average Bonchev–Trinajstić information content (AvgIpc) is 2.91. The lowest BCUT2D eigenvalue weighted by molar-refractivity contribution is -0.116. The largest absolute Gasteiger partial charge is 0.355 e. The van der Waals surface area contributed by atoms with Crippen LogP contribution in [0.15, 0.2) is 48.5 Å². The second kappa shape index (κ2) is 7.18. The van der Waals surface area contributed by atoms with Crippen LogP contribution in [-0.4, -0.2) is 42.1 Å². The van der Waals surface area contributed by atoms with Gasteiger partial charge in [-0.25, -0.2) is 0 Å². The molecule has 2 aromatic rings. The molecule has 26 heavy (non-hydrogen) atoms. The molecule has 0 unspecified atom stereocenters. The molecule has 2 N–H and O–H groups in total. The van der Waals surface area contributed by atoms with E-state index in [-0.39, 0.29) is 18.9 Å². The standard InChI is InChI=1S/C19H17N3O4/c1-20-17(24)14-8-4-5-9-15(14)21-16(23)10-11-22-18(25)12-6-2-3-7-13(12)19(22)26/h2-9H,10-11H2,1H3,(H,20,24)(H,21,23). The summed E-state index contributed by atoms with van der Waals surface area (Å²) in [4.78, 5) is 49.7. The van der Waals surface area contributed by atoms with Crippen molar-refractivity contribution in [2.75, 3.05) is 18.9 Å². The number of fused-ring (bicyclic) bond motifs is 1.